The smallest absolute Gasteiger partial charge is 0.309 e. The SMILES string of the molecule is COC(=O)[C@@H]1[C@H]2CC[C@H]1[C@H](O)C2. The molecule has 2 bridgehead atoms. The molecule has 0 aliphatic heterocycles. The Morgan fingerprint density at radius 2 is 2.25 bits per heavy atom. The molecule has 0 saturated heterocycles. The summed E-state index contributed by atoms with van der Waals surface area (Å²) < 4.78 is 4.71. The van der Waals surface area contributed by atoms with Crippen molar-refractivity contribution in [2.45, 2.75) is 25.4 Å². The molecular weight excluding hydrogens is 156 g/mol. The molecule has 0 amide bonds. The van der Waals surface area contributed by atoms with Crippen LogP contribution in [0.2, 0.25) is 0 Å². The highest BCUT2D eigenvalue weighted by atomic mass is 16.5. The minimum absolute atomic E-state index is 0.00926. The van der Waals surface area contributed by atoms with E-state index in [1.54, 1.807) is 0 Å². The Bertz CT molecular complexity index is 202. The molecule has 3 nitrogen and oxygen atoms in total. The molecule has 1 N–H and O–H groups in total. The molecule has 0 aromatic rings. The molecule has 2 aliphatic carbocycles. The third-order valence-electron chi connectivity index (χ3n) is 3.35. The zero-order valence-corrected chi connectivity index (χ0v) is 7.19. The van der Waals surface area contributed by atoms with Gasteiger partial charge in [-0.3, -0.25) is 4.79 Å². The van der Waals surface area contributed by atoms with Gasteiger partial charge >= 0.3 is 5.97 Å². The minimum Gasteiger partial charge on any atom is -0.469 e. The number of esters is 1. The van der Waals surface area contributed by atoms with E-state index in [2.05, 4.69) is 0 Å². The van der Waals surface area contributed by atoms with Crippen molar-refractivity contribution in [2.24, 2.45) is 17.8 Å². The average Bonchev–Trinajstić information content (AvgIpc) is 2.59. The summed E-state index contributed by atoms with van der Waals surface area (Å²) in [5, 5.41) is 9.53. The Hall–Kier alpha value is -0.570. The average molecular weight is 170 g/mol. The number of hydrogen-bond acceptors (Lipinski definition) is 3. The van der Waals surface area contributed by atoms with Crippen LogP contribution >= 0.6 is 0 Å². The van der Waals surface area contributed by atoms with Crippen molar-refractivity contribution in [1.82, 2.24) is 0 Å². The van der Waals surface area contributed by atoms with Crippen LogP contribution in [0.25, 0.3) is 0 Å². The van der Waals surface area contributed by atoms with Crippen LogP contribution in [-0.2, 0) is 9.53 Å². The molecule has 2 rings (SSSR count). The van der Waals surface area contributed by atoms with E-state index in [0.29, 0.717) is 5.92 Å². The number of hydrogen-bond donors (Lipinski definition) is 1. The van der Waals surface area contributed by atoms with Gasteiger partial charge in [0, 0.05) is 0 Å². The molecule has 2 fully saturated rings. The largest absolute Gasteiger partial charge is 0.469 e. The third kappa shape index (κ3) is 0.959. The zero-order valence-electron chi connectivity index (χ0n) is 7.19. The molecule has 2 aliphatic rings. The van der Waals surface area contributed by atoms with Gasteiger partial charge in [0.15, 0.2) is 0 Å². The lowest BCUT2D eigenvalue weighted by Crippen LogP contribution is -2.23. The zero-order chi connectivity index (χ0) is 8.72. The predicted octanol–water partition coefficient (Wildman–Crippen LogP) is 0.566. The standard InChI is InChI=1S/C9H14O3/c1-12-9(11)8-5-2-3-6(8)7(10)4-5/h5-8,10H,2-4H2,1H3/t5-,6-,7+,8+/m0/s1. The summed E-state index contributed by atoms with van der Waals surface area (Å²) in [5.74, 6) is 0.434. The van der Waals surface area contributed by atoms with Gasteiger partial charge in [-0.15, -0.1) is 0 Å². The van der Waals surface area contributed by atoms with Crippen molar-refractivity contribution < 1.29 is 14.6 Å². The number of aliphatic hydroxyl groups is 1. The van der Waals surface area contributed by atoms with Gasteiger partial charge in [-0.2, -0.15) is 0 Å². The molecule has 3 heteroatoms. The van der Waals surface area contributed by atoms with Gasteiger partial charge < -0.3 is 9.84 Å². The van der Waals surface area contributed by atoms with Gasteiger partial charge in [-0.1, -0.05) is 0 Å². The summed E-state index contributed by atoms with van der Waals surface area (Å²) in [6, 6.07) is 0. The molecule has 4 atom stereocenters. The fourth-order valence-corrected chi connectivity index (χ4v) is 2.80. The molecule has 12 heavy (non-hydrogen) atoms. The van der Waals surface area contributed by atoms with Crippen molar-refractivity contribution in [1.29, 1.82) is 0 Å². The van der Waals surface area contributed by atoms with Crippen molar-refractivity contribution in [3.8, 4) is 0 Å². The number of carbonyl (C=O) groups is 1. The second-order valence-electron chi connectivity index (χ2n) is 3.85. The van der Waals surface area contributed by atoms with Gasteiger partial charge in [0.2, 0.25) is 0 Å². The van der Waals surface area contributed by atoms with Gasteiger partial charge in [-0.05, 0) is 31.1 Å². The fourth-order valence-electron chi connectivity index (χ4n) is 2.80. The second-order valence-corrected chi connectivity index (χ2v) is 3.85. The van der Waals surface area contributed by atoms with Crippen LogP contribution in [0.3, 0.4) is 0 Å². The minimum atomic E-state index is -0.257. The van der Waals surface area contributed by atoms with Crippen LogP contribution in [0.15, 0.2) is 0 Å². The molecule has 68 valence electrons. The van der Waals surface area contributed by atoms with Crippen LogP contribution in [0.1, 0.15) is 19.3 Å². The molecule has 0 aromatic heterocycles. The molecule has 2 saturated carbocycles. The lowest BCUT2D eigenvalue weighted by Gasteiger charge is -2.15. The number of carbonyl (C=O) groups excluding carboxylic acids is 1. The number of ether oxygens (including phenoxy) is 1. The third-order valence-corrected chi connectivity index (χ3v) is 3.35. The van der Waals surface area contributed by atoms with E-state index in [9.17, 15) is 9.90 Å². The van der Waals surface area contributed by atoms with E-state index in [-0.39, 0.29) is 23.9 Å². The summed E-state index contributed by atoms with van der Waals surface area (Å²) in [6.45, 7) is 0. The molecule has 0 heterocycles. The van der Waals surface area contributed by atoms with Gasteiger partial charge in [-0.25, -0.2) is 0 Å². The van der Waals surface area contributed by atoms with Gasteiger partial charge in [0.25, 0.3) is 0 Å². The van der Waals surface area contributed by atoms with E-state index in [4.69, 9.17) is 4.74 Å². The lowest BCUT2D eigenvalue weighted by molar-refractivity contribution is -0.147. The lowest BCUT2D eigenvalue weighted by atomic mass is 9.97. The van der Waals surface area contributed by atoms with E-state index in [0.717, 1.165) is 19.3 Å². The topological polar surface area (TPSA) is 46.5 Å². The van der Waals surface area contributed by atoms with Gasteiger partial charge in [0.1, 0.15) is 0 Å². The van der Waals surface area contributed by atoms with E-state index >= 15 is 0 Å². The molecule has 0 radical (unpaired) electrons. The van der Waals surface area contributed by atoms with Crippen LogP contribution in [0.4, 0.5) is 0 Å². The maximum Gasteiger partial charge on any atom is 0.309 e. The predicted molar refractivity (Wildman–Crippen MR) is 42.3 cm³/mol. The molecule has 0 unspecified atom stereocenters. The van der Waals surface area contributed by atoms with Crippen LogP contribution in [0.5, 0.6) is 0 Å². The van der Waals surface area contributed by atoms with Crippen LogP contribution < -0.4 is 0 Å². The van der Waals surface area contributed by atoms with Crippen LogP contribution in [-0.4, -0.2) is 24.3 Å². The van der Waals surface area contributed by atoms with E-state index in [1.807, 2.05) is 0 Å². The summed E-state index contributed by atoms with van der Waals surface area (Å²) >= 11 is 0. The van der Waals surface area contributed by atoms with Crippen molar-refractivity contribution >= 4 is 5.97 Å². The first-order valence-corrected chi connectivity index (χ1v) is 4.50. The number of rotatable bonds is 1. The van der Waals surface area contributed by atoms with E-state index in [1.165, 1.54) is 7.11 Å². The Morgan fingerprint density at radius 1 is 1.50 bits per heavy atom. The quantitative estimate of drug-likeness (QED) is 0.585. The molecular formula is C9H14O3. The Kier molecular flexibility index (Phi) is 1.83. The Morgan fingerprint density at radius 3 is 2.67 bits per heavy atom. The molecule has 0 spiro atoms. The van der Waals surface area contributed by atoms with Gasteiger partial charge in [0.05, 0.1) is 19.1 Å². The Balaban J connectivity index is 2.13. The van der Waals surface area contributed by atoms with Crippen LogP contribution in [0, 0.1) is 17.8 Å². The summed E-state index contributed by atoms with van der Waals surface area (Å²) in [4.78, 5) is 11.3. The van der Waals surface area contributed by atoms with Crippen molar-refractivity contribution in [3.63, 3.8) is 0 Å². The fraction of sp³-hybridized carbons (Fsp3) is 0.889. The number of aliphatic hydroxyl groups excluding tert-OH is 1. The van der Waals surface area contributed by atoms with Crippen molar-refractivity contribution in [3.05, 3.63) is 0 Å². The summed E-state index contributed by atoms with van der Waals surface area (Å²) in [7, 11) is 1.42. The highest BCUT2D eigenvalue weighted by Gasteiger charge is 2.51. The van der Waals surface area contributed by atoms with Crippen molar-refractivity contribution in [2.75, 3.05) is 7.11 Å². The first-order chi connectivity index (χ1) is 5.74. The summed E-state index contributed by atoms with van der Waals surface area (Å²) in [5.41, 5.74) is 0. The number of methoxy groups -OCH3 is 1. The highest BCUT2D eigenvalue weighted by Crippen LogP contribution is 2.49. The highest BCUT2D eigenvalue weighted by molar-refractivity contribution is 5.74. The summed E-state index contributed by atoms with van der Waals surface area (Å²) in [6.07, 6.45) is 2.62. The van der Waals surface area contributed by atoms with E-state index < -0.39 is 0 Å². The monoisotopic (exact) mass is 170 g/mol. The maximum atomic E-state index is 11.3. The first-order valence-electron chi connectivity index (χ1n) is 4.50. The second kappa shape index (κ2) is 2.73. The Labute approximate surface area is 71.7 Å². The molecule has 0 aromatic carbocycles. The first kappa shape index (κ1) is 8.05. The normalized spacial score (nSPS) is 44.8. The number of fused-ring (bicyclic) bond motifs is 2. The maximum absolute atomic E-state index is 11.3.